The molecule has 0 aliphatic carbocycles. The fourth-order valence-corrected chi connectivity index (χ4v) is 2.69. The van der Waals surface area contributed by atoms with Gasteiger partial charge in [-0.2, -0.15) is 0 Å². The standard InChI is InChI=1S/C22H33N5O2.HI/c1-6-28-12-13-29-20-14-17(2)10-11-18(20)15-24-22(23-3)25-16-19-8-7-9-21(26-19)27(4)5;/h7-11,14H,6,12-13,15-16H2,1-5H3,(H2,23,24,25);1H. The molecular weight excluding hydrogens is 493 g/mol. The number of aryl methyl sites for hydroxylation is 1. The zero-order valence-electron chi connectivity index (χ0n) is 18.6. The summed E-state index contributed by atoms with van der Waals surface area (Å²) in [4.78, 5) is 10.9. The van der Waals surface area contributed by atoms with Crippen LogP contribution in [0.1, 0.15) is 23.7 Å². The van der Waals surface area contributed by atoms with Crippen LogP contribution in [0, 0.1) is 6.92 Å². The van der Waals surface area contributed by atoms with Crippen molar-refractivity contribution < 1.29 is 9.47 Å². The number of anilines is 1. The quantitative estimate of drug-likeness (QED) is 0.214. The number of hydrogen-bond acceptors (Lipinski definition) is 5. The SMILES string of the molecule is CCOCCOc1cc(C)ccc1CNC(=NC)NCc1cccc(N(C)C)n1.I. The van der Waals surface area contributed by atoms with Gasteiger partial charge in [0.05, 0.1) is 18.8 Å². The molecule has 0 aliphatic rings. The third-order valence-electron chi connectivity index (χ3n) is 4.27. The second-order valence-electron chi connectivity index (χ2n) is 6.82. The number of benzene rings is 1. The van der Waals surface area contributed by atoms with Gasteiger partial charge in [-0.1, -0.05) is 18.2 Å². The summed E-state index contributed by atoms with van der Waals surface area (Å²) in [5.74, 6) is 2.51. The van der Waals surface area contributed by atoms with Crippen molar-refractivity contribution in [2.45, 2.75) is 26.9 Å². The molecule has 2 N–H and O–H groups in total. The van der Waals surface area contributed by atoms with Gasteiger partial charge in [0.15, 0.2) is 5.96 Å². The Morgan fingerprint density at radius 2 is 1.87 bits per heavy atom. The molecule has 0 saturated heterocycles. The number of halogens is 1. The van der Waals surface area contributed by atoms with E-state index in [-0.39, 0.29) is 24.0 Å². The highest BCUT2D eigenvalue weighted by Crippen LogP contribution is 2.20. The van der Waals surface area contributed by atoms with E-state index in [9.17, 15) is 0 Å². The molecule has 2 rings (SSSR count). The molecule has 0 saturated carbocycles. The van der Waals surface area contributed by atoms with Gasteiger partial charge in [-0.05, 0) is 37.6 Å². The lowest BCUT2D eigenvalue weighted by Gasteiger charge is -2.16. The van der Waals surface area contributed by atoms with Gasteiger partial charge >= 0.3 is 0 Å². The van der Waals surface area contributed by atoms with E-state index < -0.39 is 0 Å². The molecule has 0 unspecified atom stereocenters. The second-order valence-corrected chi connectivity index (χ2v) is 6.82. The number of nitrogens with zero attached hydrogens (tertiary/aromatic N) is 3. The fraction of sp³-hybridized carbons (Fsp3) is 0.455. The molecule has 1 heterocycles. The number of nitrogens with one attached hydrogen (secondary N) is 2. The van der Waals surface area contributed by atoms with Crippen LogP contribution >= 0.6 is 24.0 Å². The summed E-state index contributed by atoms with van der Waals surface area (Å²) < 4.78 is 11.3. The van der Waals surface area contributed by atoms with E-state index in [4.69, 9.17) is 9.47 Å². The van der Waals surface area contributed by atoms with Crippen LogP contribution in [0.2, 0.25) is 0 Å². The van der Waals surface area contributed by atoms with Crippen molar-refractivity contribution in [3.8, 4) is 5.75 Å². The van der Waals surface area contributed by atoms with Crippen molar-refractivity contribution in [1.82, 2.24) is 15.6 Å². The summed E-state index contributed by atoms with van der Waals surface area (Å²) in [5.41, 5.74) is 3.19. The lowest BCUT2D eigenvalue weighted by molar-refractivity contribution is 0.110. The average Bonchev–Trinajstić information content (AvgIpc) is 2.72. The van der Waals surface area contributed by atoms with E-state index in [0.717, 1.165) is 28.4 Å². The van der Waals surface area contributed by atoms with Crippen LogP contribution in [0.3, 0.4) is 0 Å². The van der Waals surface area contributed by atoms with Gasteiger partial charge < -0.3 is 25.0 Å². The molecule has 1 aromatic carbocycles. The number of guanidine groups is 1. The summed E-state index contributed by atoms with van der Waals surface area (Å²) in [5, 5.41) is 6.65. The monoisotopic (exact) mass is 527 g/mol. The van der Waals surface area contributed by atoms with E-state index in [1.54, 1.807) is 7.05 Å². The first kappa shape index (κ1) is 26.0. The Morgan fingerprint density at radius 1 is 1.10 bits per heavy atom. The maximum atomic E-state index is 5.91. The normalized spacial score (nSPS) is 10.9. The predicted molar refractivity (Wildman–Crippen MR) is 134 cm³/mol. The van der Waals surface area contributed by atoms with Crippen molar-refractivity contribution in [2.75, 3.05) is 45.9 Å². The highest BCUT2D eigenvalue weighted by molar-refractivity contribution is 14.0. The first-order chi connectivity index (χ1) is 14.0. The molecule has 166 valence electrons. The molecule has 7 nitrogen and oxygen atoms in total. The second kappa shape index (κ2) is 14.0. The molecule has 0 bridgehead atoms. The molecule has 0 radical (unpaired) electrons. The zero-order chi connectivity index (χ0) is 21.1. The first-order valence-corrected chi connectivity index (χ1v) is 9.91. The summed E-state index contributed by atoms with van der Waals surface area (Å²) in [6.07, 6.45) is 0. The Morgan fingerprint density at radius 3 is 2.57 bits per heavy atom. The highest BCUT2D eigenvalue weighted by atomic mass is 127. The summed E-state index contributed by atoms with van der Waals surface area (Å²) >= 11 is 0. The maximum Gasteiger partial charge on any atom is 0.191 e. The average molecular weight is 527 g/mol. The van der Waals surface area contributed by atoms with E-state index in [2.05, 4.69) is 45.7 Å². The third kappa shape index (κ3) is 8.74. The predicted octanol–water partition coefficient (Wildman–Crippen LogP) is 3.35. The lowest BCUT2D eigenvalue weighted by Crippen LogP contribution is -2.36. The van der Waals surface area contributed by atoms with Crippen LogP contribution in [-0.2, 0) is 17.8 Å². The van der Waals surface area contributed by atoms with Crippen molar-refractivity contribution >= 4 is 35.8 Å². The Balaban J connectivity index is 0.00000450. The van der Waals surface area contributed by atoms with E-state index in [1.807, 2.05) is 44.1 Å². The molecule has 2 aromatic rings. The van der Waals surface area contributed by atoms with E-state index in [1.165, 1.54) is 0 Å². The van der Waals surface area contributed by atoms with Gasteiger partial charge in [0, 0.05) is 39.9 Å². The smallest absolute Gasteiger partial charge is 0.191 e. The van der Waals surface area contributed by atoms with Crippen LogP contribution < -0.4 is 20.3 Å². The number of rotatable bonds is 10. The number of pyridine rings is 1. The summed E-state index contributed by atoms with van der Waals surface area (Å²) in [6, 6.07) is 12.2. The van der Waals surface area contributed by atoms with Crippen molar-refractivity contribution in [3.63, 3.8) is 0 Å². The van der Waals surface area contributed by atoms with Crippen molar-refractivity contribution in [3.05, 3.63) is 53.2 Å². The fourth-order valence-electron chi connectivity index (χ4n) is 2.69. The highest BCUT2D eigenvalue weighted by Gasteiger charge is 2.07. The molecule has 0 aliphatic heterocycles. The number of ether oxygens (including phenoxy) is 2. The first-order valence-electron chi connectivity index (χ1n) is 9.91. The molecule has 8 heteroatoms. The van der Waals surface area contributed by atoms with Gasteiger partial charge in [0.2, 0.25) is 0 Å². The molecular formula is C22H34IN5O2. The van der Waals surface area contributed by atoms with Gasteiger partial charge in [-0.3, -0.25) is 4.99 Å². The zero-order valence-corrected chi connectivity index (χ0v) is 20.9. The number of aliphatic imine (C=N–C) groups is 1. The Labute approximate surface area is 197 Å². The van der Waals surface area contributed by atoms with Crippen molar-refractivity contribution in [2.24, 2.45) is 4.99 Å². The topological polar surface area (TPSA) is 71.0 Å². The summed E-state index contributed by atoms with van der Waals surface area (Å²) in [7, 11) is 5.72. The third-order valence-corrected chi connectivity index (χ3v) is 4.27. The molecule has 0 atom stereocenters. The van der Waals surface area contributed by atoms with Crippen LogP contribution in [-0.4, -0.2) is 51.9 Å². The van der Waals surface area contributed by atoms with Crippen LogP contribution in [0.4, 0.5) is 5.82 Å². The lowest BCUT2D eigenvalue weighted by atomic mass is 10.1. The minimum Gasteiger partial charge on any atom is -0.491 e. The Kier molecular flexibility index (Phi) is 12.1. The molecule has 30 heavy (non-hydrogen) atoms. The molecule has 1 aromatic heterocycles. The minimum absolute atomic E-state index is 0. The van der Waals surface area contributed by atoms with Crippen LogP contribution in [0.15, 0.2) is 41.4 Å². The van der Waals surface area contributed by atoms with Gasteiger partial charge in [-0.15, -0.1) is 24.0 Å². The maximum absolute atomic E-state index is 5.91. The molecule has 0 spiro atoms. The van der Waals surface area contributed by atoms with Gasteiger partial charge in [-0.25, -0.2) is 4.98 Å². The number of hydrogen-bond donors (Lipinski definition) is 2. The summed E-state index contributed by atoms with van der Waals surface area (Å²) in [6.45, 7) is 7.04. The molecule has 0 fully saturated rings. The number of aromatic nitrogens is 1. The molecule has 0 amide bonds. The van der Waals surface area contributed by atoms with Crippen LogP contribution in [0.25, 0.3) is 0 Å². The Hall–Kier alpha value is -2.07. The van der Waals surface area contributed by atoms with Gasteiger partial charge in [0.1, 0.15) is 18.2 Å². The Bertz CT molecular complexity index is 799. The van der Waals surface area contributed by atoms with E-state index in [0.29, 0.717) is 38.9 Å². The minimum atomic E-state index is 0. The largest absolute Gasteiger partial charge is 0.491 e. The van der Waals surface area contributed by atoms with Gasteiger partial charge in [0.25, 0.3) is 0 Å². The van der Waals surface area contributed by atoms with Crippen molar-refractivity contribution in [1.29, 1.82) is 0 Å². The van der Waals surface area contributed by atoms with Crippen LogP contribution in [0.5, 0.6) is 5.75 Å². The van der Waals surface area contributed by atoms with E-state index >= 15 is 0 Å².